The van der Waals surface area contributed by atoms with Gasteiger partial charge in [0.05, 0.1) is 12.2 Å². The van der Waals surface area contributed by atoms with Crippen molar-refractivity contribution in [2.45, 2.75) is 25.4 Å². The van der Waals surface area contributed by atoms with Crippen LogP contribution in [0.15, 0.2) is 30.5 Å². The SMILES string of the molecule is CN(C)C(=O)Cn1cc(C(=O)NC2CCc3ccccc32)nn1. The Bertz CT molecular complexity index is 738. The molecule has 0 bridgehead atoms. The van der Waals surface area contributed by atoms with Crippen LogP contribution in [0.4, 0.5) is 0 Å². The number of fused-ring (bicyclic) bond motifs is 1. The van der Waals surface area contributed by atoms with Gasteiger partial charge in [0, 0.05) is 14.1 Å². The standard InChI is InChI=1S/C16H19N5O2/c1-20(2)15(22)10-21-9-14(18-19-21)16(23)17-13-8-7-11-5-3-4-6-12(11)13/h3-6,9,13H,7-8,10H2,1-2H3,(H,17,23). The zero-order valence-corrected chi connectivity index (χ0v) is 13.2. The van der Waals surface area contributed by atoms with Crippen LogP contribution in [-0.4, -0.2) is 45.8 Å². The summed E-state index contributed by atoms with van der Waals surface area (Å²) in [5, 5.41) is 10.7. The molecule has 0 fully saturated rings. The molecule has 120 valence electrons. The summed E-state index contributed by atoms with van der Waals surface area (Å²) in [6.07, 6.45) is 3.35. The van der Waals surface area contributed by atoms with Crippen molar-refractivity contribution in [2.24, 2.45) is 0 Å². The van der Waals surface area contributed by atoms with Gasteiger partial charge in [-0.1, -0.05) is 29.5 Å². The number of amides is 2. The van der Waals surface area contributed by atoms with Crippen molar-refractivity contribution in [2.75, 3.05) is 14.1 Å². The Morgan fingerprint density at radius 1 is 1.35 bits per heavy atom. The lowest BCUT2D eigenvalue weighted by Gasteiger charge is -2.12. The van der Waals surface area contributed by atoms with Crippen LogP contribution in [0.2, 0.25) is 0 Å². The van der Waals surface area contributed by atoms with Gasteiger partial charge >= 0.3 is 0 Å². The van der Waals surface area contributed by atoms with Crippen LogP contribution in [0.3, 0.4) is 0 Å². The number of aryl methyl sites for hydroxylation is 1. The summed E-state index contributed by atoms with van der Waals surface area (Å²) in [6.45, 7) is 0.0690. The second-order valence-corrected chi connectivity index (χ2v) is 5.85. The van der Waals surface area contributed by atoms with E-state index in [1.54, 1.807) is 14.1 Å². The van der Waals surface area contributed by atoms with E-state index in [0.717, 1.165) is 18.4 Å². The molecule has 0 spiro atoms. The van der Waals surface area contributed by atoms with E-state index in [-0.39, 0.29) is 30.1 Å². The van der Waals surface area contributed by atoms with Gasteiger partial charge in [0.1, 0.15) is 6.54 Å². The average molecular weight is 313 g/mol. The summed E-state index contributed by atoms with van der Waals surface area (Å²) in [7, 11) is 3.34. The highest BCUT2D eigenvalue weighted by atomic mass is 16.2. The Balaban J connectivity index is 1.66. The summed E-state index contributed by atoms with van der Waals surface area (Å²) in [5.74, 6) is -0.373. The van der Waals surface area contributed by atoms with Crippen molar-refractivity contribution in [1.82, 2.24) is 25.2 Å². The van der Waals surface area contributed by atoms with Gasteiger partial charge < -0.3 is 10.2 Å². The van der Waals surface area contributed by atoms with Gasteiger partial charge in [-0.25, -0.2) is 4.68 Å². The molecule has 1 aromatic carbocycles. The molecule has 7 heteroatoms. The van der Waals surface area contributed by atoms with Crippen LogP contribution in [-0.2, 0) is 17.8 Å². The highest BCUT2D eigenvalue weighted by Gasteiger charge is 2.24. The van der Waals surface area contributed by atoms with Gasteiger partial charge in [0.15, 0.2) is 5.69 Å². The fourth-order valence-electron chi connectivity index (χ4n) is 2.70. The number of rotatable bonds is 4. The molecular weight excluding hydrogens is 294 g/mol. The molecule has 1 N–H and O–H groups in total. The van der Waals surface area contributed by atoms with Crippen molar-refractivity contribution in [3.05, 3.63) is 47.3 Å². The third-order valence-electron chi connectivity index (χ3n) is 4.01. The molecule has 23 heavy (non-hydrogen) atoms. The number of aromatic nitrogens is 3. The van der Waals surface area contributed by atoms with Crippen molar-refractivity contribution in [3.8, 4) is 0 Å². The number of nitrogens with one attached hydrogen (secondary N) is 1. The van der Waals surface area contributed by atoms with Gasteiger partial charge in [-0.05, 0) is 24.0 Å². The smallest absolute Gasteiger partial charge is 0.273 e. The van der Waals surface area contributed by atoms with Crippen LogP contribution in [0, 0.1) is 0 Å². The first-order valence-electron chi connectivity index (χ1n) is 7.53. The van der Waals surface area contributed by atoms with Crippen LogP contribution in [0.25, 0.3) is 0 Å². The van der Waals surface area contributed by atoms with Crippen molar-refractivity contribution < 1.29 is 9.59 Å². The Hall–Kier alpha value is -2.70. The Morgan fingerprint density at radius 3 is 2.91 bits per heavy atom. The zero-order chi connectivity index (χ0) is 16.4. The lowest BCUT2D eigenvalue weighted by atomic mass is 10.1. The lowest BCUT2D eigenvalue weighted by Crippen LogP contribution is -2.27. The fraction of sp³-hybridized carbons (Fsp3) is 0.375. The minimum Gasteiger partial charge on any atom is -0.347 e. The van der Waals surface area contributed by atoms with Gasteiger partial charge in [0.2, 0.25) is 5.91 Å². The van der Waals surface area contributed by atoms with Crippen LogP contribution < -0.4 is 5.32 Å². The molecule has 3 rings (SSSR count). The summed E-state index contributed by atoms with van der Waals surface area (Å²) in [4.78, 5) is 25.4. The minimum atomic E-state index is -0.268. The van der Waals surface area contributed by atoms with Gasteiger partial charge in [-0.2, -0.15) is 0 Å². The minimum absolute atomic E-state index is 0.00672. The first kappa shape index (κ1) is 15.2. The number of carbonyl (C=O) groups is 2. The van der Waals surface area contributed by atoms with Crippen molar-refractivity contribution in [3.63, 3.8) is 0 Å². The fourth-order valence-corrected chi connectivity index (χ4v) is 2.70. The van der Waals surface area contributed by atoms with E-state index in [4.69, 9.17) is 0 Å². The largest absolute Gasteiger partial charge is 0.347 e. The van der Waals surface area contributed by atoms with Crippen LogP contribution in [0.1, 0.15) is 34.1 Å². The maximum atomic E-state index is 12.3. The molecule has 2 amide bonds. The summed E-state index contributed by atoms with van der Waals surface area (Å²) >= 11 is 0. The van der Waals surface area contributed by atoms with Crippen LogP contribution in [0.5, 0.6) is 0 Å². The number of carbonyl (C=O) groups excluding carboxylic acids is 2. The molecule has 0 saturated heterocycles. The van der Waals surface area contributed by atoms with Gasteiger partial charge in [-0.3, -0.25) is 9.59 Å². The molecule has 0 radical (unpaired) electrons. The maximum absolute atomic E-state index is 12.3. The number of likely N-dealkylation sites (N-methyl/N-ethyl adjacent to an activating group) is 1. The zero-order valence-electron chi connectivity index (χ0n) is 13.2. The predicted octanol–water partition coefficient (Wildman–Crippen LogP) is 0.784. The quantitative estimate of drug-likeness (QED) is 0.905. The molecule has 0 saturated carbocycles. The second-order valence-electron chi connectivity index (χ2n) is 5.85. The highest BCUT2D eigenvalue weighted by molar-refractivity contribution is 5.92. The Labute approximate surface area is 134 Å². The molecule has 0 aliphatic heterocycles. The predicted molar refractivity (Wildman–Crippen MR) is 83.7 cm³/mol. The van der Waals surface area contributed by atoms with Crippen molar-refractivity contribution in [1.29, 1.82) is 0 Å². The normalized spacial score (nSPS) is 16.0. The number of benzene rings is 1. The maximum Gasteiger partial charge on any atom is 0.273 e. The lowest BCUT2D eigenvalue weighted by molar-refractivity contribution is -0.129. The summed E-state index contributed by atoms with van der Waals surface area (Å²) < 4.78 is 1.37. The van der Waals surface area contributed by atoms with E-state index in [9.17, 15) is 9.59 Å². The van der Waals surface area contributed by atoms with Crippen LogP contribution >= 0.6 is 0 Å². The summed E-state index contributed by atoms with van der Waals surface area (Å²) in [6, 6.07) is 8.13. The molecule has 7 nitrogen and oxygen atoms in total. The Kier molecular flexibility index (Phi) is 4.10. The third kappa shape index (κ3) is 3.23. The number of hydrogen-bond donors (Lipinski definition) is 1. The van der Waals surface area contributed by atoms with E-state index in [1.807, 2.05) is 18.2 Å². The molecule has 2 aromatic rings. The first-order chi connectivity index (χ1) is 11.0. The number of hydrogen-bond acceptors (Lipinski definition) is 4. The summed E-state index contributed by atoms with van der Waals surface area (Å²) in [5.41, 5.74) is 2.66. The number of nitrogens with zero attached hydrogens (tertiary/aromatic N) is 4. The molecule has 1 heterocycles. The molecule has 1 aliphatic carbocycles. The topological polar surface area (TPSA) is 80.1 Å². The highest BCUT2D eigenvalue weighted by Crippen LogP contribution is 2.30. The molecule has 1 atom stereocenters. The van der Waals surface area contributed by atoms with E-state index in [1.165, 1.54) is 21.3 Å². The van der Waals surface area contributed by atoms with E-state index in [0.29, 0.717) is 0 Å². The molecule has 1 aromatic heterocycles. The Morgan fingerprint density at radius 2 is 2.13 bits per heavy atom. The van der Waals surface area contributed by atoms with E-state index >= 15 is 0 Å². The molecule has 1 unspecified atom stereocenters. The monoisotopic (exact) mass is 313 g/mol. The van der Waals surface area contributed by atoms with E-state index in [2.05, 4.69) is 21.7 Å². The molecular formula is C16H19N5O2. The van der Waals surface area contributed by atoms with Crippen molar-refractivity contribution >= 4 is 11.8 Å². The third-order valence-corrected chi connectivity index (χ3v) is 4.01. The van der Waals surface area contributed by atoms with Gasteiger partial charge in [-0.15, -0.1) is 5.10 Å². The first-order valence-corrected chi connectivity index (χ1v) is 7.53. The van der Waals surface area contributed by atoms with E-state index < -0.39 is 0 Å². The average Bonchev–Trinajstić information content (AvgIpc) is 3.15. The van der Waals surface area contributed by atoms with Gasteiger partial charge in [0.25, 0.3) is 5.91 Å². The second kappa shape index (κ2) is 6.20. The molecule has 1 aliphatic rings.